The molecule has 0 aromatic carbocycles. The Balaban J connectivity index is 1.79. The quantitative estimate of drug-likeness (QED) is 0.784. The third-order valence-corrected chi connectivity index (χ3v) is 4.06. The molecule has 2 amide bonds. The SMILES string of the molecule is C=CCNC(=O)CN1CCN(C(=O)c2nnc(Cl)s2)CC1. The molecule has 0 spiro atoms. The Kier molecular flexibility index (Phi) is 5.66. The highest BCUT2D eigenvalue weighted by Gasteiger charge is 2.25. The van der Waals surface area contributed by atoms with E-state index in [-0.39, 0.29) is 16.3 Å². The van der Waals surface area contributed by atoms with Crippen LogP contribution in [-0.2, 0) is 4.79 Å². The number of nitrogens with zero attached hydrogens (tertiary/aromatic N) is 4. The van der Waals surface area contributed by atoms with Crippen LogP contribution in [0.4, 0.5) is 0 Å². The predicted octanol–water partition coefficient (Wildman–Crippen LogP) is 0.251. The minimum Gasteiger partial charge on any atom is -0.352 e. The second-order valence-corrected chi connectivity index (χ2v) is 6.08. The van der Waals surface area contributed by atoms with Gasteiger partial charge in [0.2, 0.25) is 15.4 Å². The van der Waals surface area contributed by atoms with Crippen LogP contribution in [0.3, 0.4) is 0 Å². The maximum absolute atomic E-state index is 12.1. The van der Waals surface area contributed by atoms with E-state index in [1.165, 1.54) is 0 Å². The van der Waals surface area contributed by atoms with E-state index in [2.05, 4.69) is 22.1 Å². The van der Waals surface area contributed by atoms with Crippen LogP contribution in [0.25, 0.3) is 0 Å². The van der Waals surface area contributed by atoms with E-state index >= 15 is 0 Å². The Labute approximate surface area is 131 Å². The van der Waals surface area contributed by atoms with Gasteiger partial charge in [-0.3, -0.25) is 14.5 Å². The van der Waals surface area contributed by atoms with Crippen LogP contribution in [0.2, 0.25) is 4.47 Å². The smallest absolute Gasteiger partial charge is 0.284 e. The van der Waals surface area contributed by atoms with Crippen molar-refractivity contribution in [1.82, 2.24) is 25.3 Å². The van der Waals surface area contributed by atoms with Crippen molar-refractivity contribution >= 4 is 34.8 Å². The molecule has 2 heterocycles. The van der Waals surface area contributed by atoms with E-state index in [4.69, 9.17) is 11.6 Å². The fourth-order valence-corrected chi connectivity index (χ4v) is 2.78. The Hall–Kier alpha value is -1.51. The van der Waals surface area contributed by atoms with Gasteiger partial charge in [0.25, 0.3) is 5.91 Å². The van der Waals surface area contributed by atoms with Crippen molar-refractivity contribution in [1.29, 1.82) is 0 Å². The molecule has 0 bridgehead atoms. The van der Waals surface area contributed by atoms with Gasteiger partial charge in [-0.25, -0.2) is 0 Å². The third-order valence-electron chi connectivity index (χ3n) is 3.05. The number of amides is 2. The molecule has 1 aliphatic heterocycles. The average Bonchev–Trinajstić information content (AvgIpc) is 2.92. The summed E-state index contributed by atoms with van der Waals surface area (Å²) in [6, 6.07) is 0. The van der Waals surface area contributed by atoms with Gasteiger partial charge in [0.15, 0.2) is 0 Å². The summed E-state index contributed by atoms with van der Waals surface area (Å²) in [7, 11) is 0. The highest BCUT2D eigenvalue weighted by Crippen LogP contribution is 2.17. The van der Waals surface area contributed by atoms with Crippen LogP contribution in [0.1, 0.15) is 9.80 Å². The molecular formula is C12H16ClN5O2S. The molecule has 7 nitrogen and oxygen atoms in total. The zero-order valence-corrected chi connectivity index (χ0v) is 13.0. The maximum Gasteiger partial charge on any atom is 0.284 e. The summed E-state index contributed by atoms with van der Waals surface area (Å²) < 4.78 is 0.260. The molecule has 1 aliphatic rings. The summed E-state index contributed by atoms with van der Waals surface area (Å²) in [4.78, 5) is 27.5. The molecule has 21 heavy (non-hydrogen) atoms. The number of nitrogens with one attached hydrogen (secondary N) is 1. The Bertz CT molecular complexity index is 527. The summed E-state index contributed by atoms with van der Waals surface area (Å²) in [5, 5.41) is 10.4. The fraction of sp³-hybridized carbons (Fsp3) is 0.500. The molecule has 2 rings (SSSR count). The lowest BCUT2D eigenvalue weighted by Gasteiger charge is -2.33. The number of rotatable bonds is 5. The van der Waals surface area contributed by atoms with E-state index in [0.29, 0.717) is 44.3 Å². The summed E-state index contributed by atoms with van der Waals surface area (Å²) in [6.07, 6.45) is 1.64. The first kappa shape index (κ1) is 15.9. The molecule has 1 fully saturated rings. The van der Waals surface area contributed by atoms with E-state index in [1.807, 2.05) is 4.90 Å². The summed E-state index contributed by atoms with van der Waals surface area (Å²) in [5.41, 5.74) is 0. The Morgan fingerprint density at radius 1 is 1.33 bits per heavy atom. The molecule has 1 saturated heterocycles. The first-order valence-corrected chi connectivity index (χ1v) is 7.68. The lowest BCUT2D eigenvalue weighted by molar-refractivity contribution is -0.122. The van der Waals surface area contributed by atoms with E-state index in [0.717, 1.165) is 11.3 Å². The van der Waals surface area contributed by atoms with Gasteiger partial charge >= 0.3 is 0 Å². The van der Waals surface area contributed by atoms with Gasteiger partial charge in [-0.05, 0) is 11.6 Å². The number of carbonyl (C=O) groups is 2. The van der Waals surface area contributed by atoms with Crippen LogP contribution in [0, 0.1) is 0 Å². The largest absolute Gasteiger partial charge is 0.352 e. The zero-order valence-electron chi connectivity index (χ0n) is 11.4. The van der Waals surface area contributed by atoms with Crippen molar-refractivity contribution in [2.24, 2.45) is 0 Å². The zero-order chi connectivity index (χ0) is 15.2. The molecule has 1 aromatic rings. The molecule has 0 saturated carbocycles. The Morgan fingerprint density at radius 3 is 2.62 bits per heavy atom. The molecule has 0 atom stereocenters. The summed E-state index contributed by atoms with van der Waals surface area (Å²) in [5.74, 6) is -0.194. The summed E-state index contributed by atoms with van der Waals surface area (Å²) in [6.45, 7) is 6.77. The van der Waals surface area contributed by atoms with Crippen molar-refractivity contribution in [3.05, 3.63) is 22.1 Å². The molecule has 1 N–H and O–H groups in total. The lowest BCUT2D eigenvalue weighted by Crippen LogP contribution is -2.51. The topological polar surface area (TPSA) is 78.4 Å². The number of hydrogen-bond acceptors (Lipinski definition) is 6. The molecule has 0 aliphatic carbocycles. The van der Waals surface area contributed by atoms with Crippen molar-refractivity contribution in [3.8, 4) is 0 Å². The van der Waals surface area contributed by atoms with Gasteiger partial charge in [0.1, 0.15) is 0 Å². The van der Waals surface area contributed by atoms with Gasteiger partial charge in [-0.1, -0.05) is 17.4 Å². The first-order chi connectivity index (χ1) is 10.1. The average molecular weight is 330 g/mol. The van der Waals surface area contributed by atoms with Crippen LogP contribution < -0.4 is 5.32 Å². The van der Waals surface area contributed by atoms with Crippen molar-refractivity contribution < 1.29 is 9.59 Å². The lowest BCUT2D eigenvalue weighted by atomic mass is 10.3. The normalized spacial score (nSPS) is 15.8. The second-order valence-electron chi connectivity index (χ2n) is 4.52. The van der Waals surface area contributed by atoms with Gasteiger partial charge in [-0.15, -0.1) is 16.8 Å². The van der Waals surface area contributed by atoms with Gasteiger partial charge < -0.3 is 10.2 Å². The van der Waals surface area contributed by atoms with Crippen LogP contribution in [0.5, 0.6) is 0 Å². The van der Waals surface area contributed by atoms with Crippen LogP contribution >= 0.6 is 22.9 Å². The van der Waals surface area contributed by atoms with Gasteiger partial charge in [0.05, 0.1) is 6.54 Å². The molecule has 1 aromatic heterocycles. The number of aromatic nitrogens is 2. The highest BCUT2D eigenvalue weighted by atomic mass is 35.5. The van der Waals surface area contributed by atoms with Crippen molar-refractivity contribution in [2.75, 3.05) is 39.3 Å². The highest BCUT2D eigenvalue weighted by molar-refractivity contribution is 7.17. The number of halogens is 1. The molecule has 0 radical (unpaired) electrons. The second kappa shape index (κ2) is 7.48. The predicted molar refractivity (Wildman–Crippen MR) is 80.5 cm³/mol. The summed E-state index contributed by atoms with van der Waals surface area (Å²) >= 11 is 6.75. The molecule has 9 heteroatoms. The standard InChI is InChI=1S/C12H16ClN5O2S/c1-2-3-14-9(19)8-17-4-6-18(7-5-17)11(20)10-15-16-12(13)21-10/h2H,1,3-8H2,(H,14,19). The molecule has 114 valence electrons. The number of carbonyl (C=O) groups excluding carboxylic acids is 2. The minimum absolute atomic E-state index is 0.0365. The molecule has 0 unspecified atom stereocenters. The van der Waals surface area contributed by atoms with E-state index in [9.17, 15) is 9.59 Å². The third kappa shape index (κ3) is 4.48. The Morgan fingerprint density at radius 2 is 2.05 bits per heavy atom. The van der Waals surface area contributed by atoms with Gasteiger partial charge in [0, 0.05) is 32.7 Å². The number of hydrogen-bond donors (Lipinski definition) is 1. The first-order valence-electron chi connectivity index (χ1n) is 6.48. The van der Waals surface area contributed by atoms with Gasteiger partial charge in [-0.2, -0.15) is 0 Å². The monoisotopic (exact) mass is 329 g/mol. The van der Waals surface area contributed by atoms with E-state index in [1.54, 1.807) is 11.0 Å². The van der Waals surface area contributed by atoms with Crippen molar-refractivity contribution in [3.63, 3.8) is 0 Å². The minimum atomic E-state index is -0.157. The fourth-order valence-electron chi connectivity index (χ4n) is 1.98. The van der Waals surface area contributed by atoms with Crippen LogP contribution in [-0.4, -0.2) is 71.1 Å². The van der Waals surface area contributed by atoms with Crippen molar-refractivity contribution in [2.45, 2.75) is 0 Å². The maximum atomic E-state index is 12.1. The van der Waals surface area contributed by atoms with Crippen LogP contribution in [0.15, 0.2) is 12.7 Å². The van der Waals surface area contributed by atoms with E-state index < -0.39 is 0 Å². The number of piperazine rings is 1. The molecular weight excluding hydrogens is 314 g/mol.